The maximum absolute atomic E-state index is 13.4. The number of carbonyl (C=O) groups is 1. The van der Waals surface area contributed by atoms with Crippen molar-refractivity contribution >= 4 is 19.2 Å². The molecule has 1 aromatic carbocycles. The largest absolute Gasteiger partial charge is 0.347 e. The number of hydrogen-bond acceptors (Lipinski definition) is 7. The zero-order chi connectivity index (χ0) is 19.9. The van der Waals surface area contributed by atoms with Crippen LogP contribution in [0.15, 0.2) is 29.1 Å². The van der Waals surface area contributed by atoms with E-state index in [2.05, 4.69) is 0 Å². The van der Waals surface area contributed by atoms with Gasteiger partial charge in [0.1, 0.15) is 0 Å². The maximum Gasteiger partial charge on any atom is 0.347 e. The Bertz CT molecular complexity index is 1030. The van der Waals surface area contributed by atoms with E-state index in [1.165, 1.54) is 18.2 Å². The molecular weight excluding hydrogens is 377 g/mol. The molecule has 0 saturated heterocycles. The molecule has 10 nitrogen and oxygen atoms in total. The van der Waals surface area contributed by atoms with E-state index in [0.29, 0.717) is 5.69 Å². The second-order valence-corrected chi connectivity index (χ2v) is 7.98. The first-order valence-electron chi connectivity index (χ1n) is 8.28. The van der Waals surface area contributed by atoms with Gasteiger partial charge in [-0.15, -0.1) is 0 Å². The number of hydrogen-bond donors (Lipinski definition) is 0. The van der Waals surface area contributed by atoms with Crippen LogP contribution in [-0.2, 0) is 13.6 Å². The van der Waals surface area contributed by atoms with E-state index in [-0.39, 0.29) is 30.2 Å². The van der Waals surface area contributed by atoms with Gasteiger partial charge >= 0.3 is 7.60 Å². The average Bonchev–Trinajstić information content (AvgIpc) is 2.89. The van der Waals surface area contributed by atoms with Crippen LogP contribution in [0.4, 0.5) is 5.69 Å². The summed E-state index contributed by atoms with van der Waals surface area (Å²) in [5.74, 6) is -0.701. The Balaban J connectivity index is 2.36. The molecule has 0 saturated carbocycles. The summed E-state index contributed by atoms with van der Waals surface area (Å²) in [6, 6.07) is 4.97. The highest BCUT2D eigenvalue weighted by molar-refractivity contribution is 7.55. The summed E-state index contributed by atoms with van der Waals surface area (Å²) in [4.78, 5) is 36.1. The number of rotatable bonds is 6. The molecule has 1 aliphatic rings. The summed E-state index contributed by atoms with van der Waals surface area (Å²) in [5.41, 5.74) is -1.56. The number of fused-ring (bicyclic) bond motifs is 3. The van der Waals surface area contributed by atoms with E-state index in [9.17, 15) is 24.3 Å². The second-order valence-electron chi connectivity index (χ2n) is 5.86. The molecule has 0 amide bonds. The highest BCUT2D eigenvalue weighted by atomic mass is 31.2. The minimum Gasteiger partial charge on any atom is -0.308 e. The minimum absolute atomic E-state index is 0.0167. The van der Waals surface area contributed by atoms with Gasteiger partial charge < -0.3 is 9.05 Å². The van der Waals surface area contributed by atoms with Crippen molar-refractivity contribution in [2.24, 2.45) is 0 Å². The zero-order valence-corrected chi connectivity index (χ0v) is 15.8. The van der Waals surface area contributed by atoms with Crippen LogP contribution < -0.4 is 5.56 Å². The first-order chi connectivity index (χ1) is 12.7. The van der Waals surface area contributed by atoms with Gasteiger partial charge in [0.15, 0.2) is 5.66 Å². The molecule has 0 fully saturated rings. The van der Waals surface area contributed by atoms with Gasteiger partial charge in [-0.3, -0.25) is 24.3 Å². The fourth-order valence-electron chi connectivity index (χ4n) is 3.22. The lowest BCUT2D eigenvalue weighted by molar-refractivity contribution is -0.384. The third kappa shape index (κ3) is 2.95. The van der Waals surface area contributed by atoms with Gasteiger partial charge in [0.25, 0.3) is 17.2 Å². The molecule has 0 spiro atoms. The van der Waals surface area contributed by atoms with E-state index in [4.69, 9.17) is 9.05 Å². The fraction of sp³-hybridized carbons (Fsp3) is 0.375. The van der Waals surface area contributed by atoms with Crippen molar-refractivity contribution in [2.45, 2.75) is 26.4 Å². The van der Waals surface area contributed by atoms with Crippen molar-refractivity contribution in [2.75, 3.05) is 13.2 Å². The van der Waals surface area contributed by atoms with E-state index in [0.717, 1.165) is 15.4 Å². The van der Waals surface area contributed by atoms with Gasteiger partial charge in [-0.05, 0) is 26.8 Å². The predicted molar refractivity (Wildman–Crippen MR) is 95.6 cm³/mol. The van der Waals surface area contributed by atoms with Crippen LogP contribution in [0.5, 0.6) is 0 Å². The smallest absolute Gasteiger partial charge is 0.308 e. The molecule has 2 aromatic rings. The molecule has 1 atom stereocenters. The molecule has 1 aromatic heterocycles. The Kier molecular flexibility index (Phi) is 4.90. The Morgan fingerprint density at radius 1 is 1.15 bits per heavy atom. The Labute approximate surface area is 154 Å². The molecule has 27 heavy (non-hydrogen) atoms. The van der Waals surface area contributed by atoms with Crippen LogP contribution in [0, 0.1) is 17.0 Å². The van der Waals surface area contributed by atoms with Crippen LogP contribution in [0.1, 0.15) is 35.6 Å². The molecule has 0 N–H and O–H groups in total. The van der Waals surface area contributed by atoms with Gasteiger partial charge in [0.2, 0.25) is 0 Å². The number of nitro benzene ring substituents is 1. The summed E-state index contributed by atoms with van der Waals surface area (Å²) in [7, 11) is -4.01. The molecule has 2 heterocycles. The topological polar surface area (TPSA) is 123 Å². The number of nitro groups is 1. The van der Waals surface area contributed by atoms with Crippen LogP contribution >= 0.6 is 7.60 Å². The zero-order valence-electron chi connectivity index (χ0n) is 14.9. The number of nitrogens with zero attached hydrogens (tertiary/aromatic N) is 3. The summed E-state index contributed by atoms with van der Waals surface area (Å²) in [5, 5.41) is 11.2. The molecule has 1 unspecified atom stereocenters. The van der Waals surface area contributed by atoms with E-state index in [1.807, 2.05) is 0 Å². The average molecular weight is 395 g/mol. The summed E-state index contributed by atoms with van der Waals surface area (Å²) < 4.78 is 26.3. The van der Waals surface area contributed by atoms with Gasteiger partial charge in [-0.2, -0.15) is 0 Å². The maximum atomic E-state index is 13.4. The van der Waals surface area contributed by atoms with E-state index in [1.54, 1.807) is 20.8 Å². The second kappa shape index (κ2) is 6.88. The molecule has 3 rings (SSSR count). The monoisotopic (exact) mass is 395 g/mol. The summed E-state index contributed by atoms with van der Waals surface area (Å²) in [6.07, 6.45) is 0. The van der Waals surface area contributed by atoms with Crippen molar-refractivity contribution in [3.63, 3.8) is 0 Å². The van der Waals surface area contributed by atoms with Gasteiger partial charge in [-0.1, -0.05) is 0 Å². The summed E-state index contributed by atoms with van der Waals surface area (Å²) >= 11 is 0. The Morgan fingerprint density at radius 2 is 1.78 bits per heavy atom. The fourth-order valence-corrected chi connectivity index (χ4v) is 5.24. The van der Waals surface area contributed by atoms with Crippen molar-refractivity contribution < 1.29 is 23.3 Å². The highest BCUT2D eigenvalue weighted by Gasteiger charge is 2.48. The molecule has 0 aliphatic carbocycles. The van der Waals surface area contributed by atoms with Crippen LogP contribution in [0.25, 0.3) is 5.69 Å². The first-order valence-corrected chi connectivity index (χ1v) is 9.89. The van der Waals surface area contributed by atoms with E-state index >= 15 is 0 Å². The lowest BCUT2D eigenvalue weighted by Gasteiger charge is -2.31. The van der Waals surface area contributed by atoms with Gasteiger partial charge in [0.05, 0.1) is 23.8 Å². The summed E-state index contributed by atoms with van der Waals surface area (Å²) in [6.45, 7) is 4.80. The first kappa shape index (κ1) is 19.2. The normalized spacial score (nSPS) is 16.1. The lowest BCUT2D eigenvalue weighted by Crippen LogP contribution is -2.36. The molecule has 0 bridgehead atoms. The molecule has 144 valence electrons. The lowest BCUT2D eigenvalue weighted by atomic mass is 10.1. The third-order valence-electron chi connectivity index (χ3n) is 4.20. The number of non-ortho nitro benzene ring substituents is 1. The SMILES string of the molecule is CCOP(=O)(OCC)C1C(=O)n2c(C)cc(=O)n2-c2ccc([N+](=O)[O-])cc21. The van der Waals surface area contributed by atoms with Crippen molar-refractivity contribution in [1.82, 2.24) is 9.36 Å². The number of aryl methyl sites for hydroxylation is 1. The molecule has 11 heteroatoms. The van der Waals surface area contributed by atoms with Gasteiger partial charge in [0, 0.05) is 29.5 Å². The van der Waals surface area contributed by atoms with Crippen LogP contribution in [-0.4, -0.2) is 33.4 Å². The Hall–Kier alpha value is -2.55. The van der Waals surface area contributed by atoms with Crippen molar-refractivity contribution in [3.05, 3.63) is 56.0 Å². The third-order valence-corrected chi connectivity index (χ3v) is 6.56. The van der Waals surface area contributed by atoms with Crippen molar-refractivity contribution in [1.29, 1.82) is 0 Å². The number of carbonyl (C=O) groups excluding carboxylic acids is 1. The van der Waals surface area contributed by atoms with Gasteiger partial charge in [-0.25, -0.2) is 9.36 Å². The van der Waals surface area contributed by atoms with E-state index < -0.39 is 29.6 Å². The van der Waals surface area contributed by atoms with Crippen molar-refractivity contribution in [3.8, 4) is 5.69 Å². The Morgan fingerprint density at radius 3 is 2.33 bits per heavy atom. The molecule has 0 radical (unpaired) electrons. The quantitative estimate of drug-likeness (QED) is 0.419. The van der Waals surface area contributed by atoms with Crippen LogP contribution in [0.3, 0.4) is 0 Å². The molecule has 1 aliphatic heterocycles. The highest BCUT2D eigenvalue weighted by Crippen LogP contribution is 2.63. The predicted octanol–water partition coefficient (Wildman–Crippen LogP) is 2.82. The standard InChI is InChI=1S/C16H18N3O7P/c1-4-25-27(24,26-5-2)15-12-9-11(19(22)23)6-7-13(12)18-14(20)8-10(3)17(18)16(15)21/h6-9,15H,4-5H2,1-3H3. The van der Waals surface area contributed by atoms with Crippen LogP contribution in [0.2, 0.25) is 0 Å². The minimum atomic E-state index is -4.01. The number of benzene rings is 1. The number of aromatic nitrogens is 2. The molecular formula is C16H18N3O7P.